The van der Waals surface area contributed by atoms with Crippen LogP contribution in [0.15, 0.2) is 45.8 Å². The van der Waals surface area contributed by atoms with Crippen LogP contribution in [0.3, 0.4) is 0 Å². The largest absolute Gasteiger partial charge is 0.469 e. The minimum absolute atomic E-state index is 0.166. The van der Waals surface area contributed by atoms with Crippen LogP contribution in [0.2, 0.25) is 0 Å². The number of carbonyl (C=O) groups is 1. The molecule has 0 N–H and O–H groups in total. The normalized spacial score (nSPS) is 12.5. The fraction of sp³-hybridized carbons (Fsp3) is 0.188. The lowest BCUT2D eigenvalue weighted by molar-refractivity contribution is -0.141. The van der Waals surface area contributed by atoms with Crippen LogP contribution in [-0.4, -0.2) is 22.5 Å². The van der Waals surface area contributed by atoms with Crippen LogP contribution in [0.5, 0.6) is 0 Å². The second-order valence-corrected chi connectivity index (χ2v) is 5.93. The number of hydrogen-bond donors (Lipinski definition) is 0. The number of ether oxygens (including phenoxy) is 1. The second-order valence-electron chi connectivity index (χ2n) is 5.01. The number of nitrogens with zero attached hydrogens (tertiary/aromatic N) is 2. The molecular weight excluding hydrogens is 348 g/mol. The highest BCUT2D eigenvalue weighted by molar-refractivity contribution is 9.10. The van der Waals surface area contributed by atoms with Crippen molar-refractivity contribution in [3.63, 3.8) is 0 Å². The molecule has 0 bridgehead atoms. The van der Waals surface area contributed by atoms with Crippen molar-refractivity contribution in [3.05, 3.63) is 56.9 Å². The number of pyridine rings is 1. The first kappa shape index (κ1) is 14.7. The van der Waals surface area contributed by atoms with E-state index in [1.807, 2.05) is 6.07 Å². The number of rotatable bonds is 2. The summed E-state index contributed by atoms with van der Waals surface area (Å²) < 4.78 is 7.03. The van der Waals surface area contributed by atoms with E-state index in [1.54, 1.807) is 37.4 Å². The molecule has 0 radical (unpaired) electrons. The first-order valence-electron chi connectivity index (χ1n) is 6.70. The predicted molar refractivity (Wildman–Crippen MR) is 87.1 cm³/mol. The molecule has 0 saturated heterocycles. The maximum atomic E-state index is 12.6. The molecule has 1 unspecified atom stereocenters. The summed E-state index contributed by atoms with van der Waals surface area (Å²) >= 11 is 3.35. The Hall–Kier alpha value is -2.21. The third-order valence-corrected chi connectivity index (χ3v) is 4.12. The molecule has 0 saturated carbocycles. The Morgan fingerprint density at radius 3 is 2.82 bits per heavy atom. The highest BCUT2D eigenvalue weighted by Gasteiger charge is 2.17. The molecular formula is C16H13BrN2O3. The number of fused-ring (bicyclic) bond motifs is 2. The molecule has 0 amide bonds. The number of halogens is 1. The molecule has 3 rings (SSSR count). The minimum atomic E-state index is -0.433. The number of carbonyl (C=O) groups excluding carboxylic acids is 1. The molecule has 0 aliphatic heterocycles. The lowest BCUT2D eigenvalue weighted by atomic mass is 10.00. The lowest BCUT2D eigenvalue weighted by Gasteiger charge is -2.10. The molecule has 1 aromatic carbocycles. The van der Waals surface area contributed by atoms with Gasteiger partial charge in [-0.2, -0.15) is 0 Å². The Morgan fingerprint density at radius 2 is 2.09 bits per heavy atom. The van der Waals surface area contributed by atoms with Crippen molar-refractivity contribution in [2.75, 3.05) is 7.11 Å². The van der Waals surface area contributed by atoms with Crippen LogP contribution >= 0.6 is 15.9 Å². The Balaban J connectivity index is 2.27. The quantitative estimate of drug-likeness (QED) is 0.520. The monoisotopic (exact) mass is 360 g/mol. The van der Waals surface area contributed by atoms with Gasteiger partial charge in [-0.05, 0) is 52.7 Å². The summed E-state index contributed by atoms with van der Waals surface area (Å²) in [6, 6.07) is 8.87. The number of methoxy groups -OCH3 is 1. The zero-order chi connectivity index (χ0) is 15.9. The molecule has 0 spiro atoms. The van der Waals surface area contributed by atoms with Gasteiger partial charge in [0.25, 0.3) is 5.56 Å². The average Bonchev–Trinajstić information content (AvgIpc) is 2.54. The van der Waals surface area contributed by atoms with Gasteiger partial charge < -0.3 is 4.74 Å². The second kappa shape index (κ2) is 5.53. The SMILES string of the molecule is COC(=O)C(C)c1ccc2nc3ccc(Br)cn3c(=O)c2c1. The molecule has 2 heterocycles. The van der Waals surface area contributed by atoms with Gasteiger partial charge in [0.05, 0.1) is 23.9 Å². The van der Waals surface area contributed by atoms with Crippen molar-refractivity contribution in [2.24, 2.45) is 0 Å². The highest BCUT2D eigenvalue weighted by Crippen LogP contribution is 2.21. The maximum Gasteiger partial charge on any atom is 0.312 e. The van der Waals surface area contributed by atoms with Crippen LogP contribution in [0.4, 0.5) is 0 Å². The van der Waals surface area contributed by atoms with E-state index >= 15 is 0 Å². The average molecular weight is 361 g/mol. The molecule has 0 fully saturated rings. The van der Waals surface area contributed by atoms with Gasteiger partial charge in [-0.25, -0.2) is 4.98 Å². The topological polar surface area (TPSA) is 60.7 Å². The van der Waals surface area contributed by atoms with Crippen molar-refractivity contribution in [1.82, 2.24) is 9.38 Å². The first-order chi connectivity index (χ1) is 10.5. The summed E-state index contributed by atoms with van der Waals surface area (Å²) in [5, 5.41) is 0.476. The lowest BCUT2D eigenvalue weighted by Crippen LogP contribution is -2.16. The zero-order valence-corrected chi connectivity index (χ0v) is 13.6. The molecule has 22 heavy (non-hydrogen) atoms. The fourth-order valence-corrected chi connectivity index (χ4v) is 2.72. The van der Waals surface area contributed by atoms with Gasteiger partial charge in [-0.15, -0.1) is 0 Å². The summed E-state index contributed by atoms with van der Waals surface area (Å²) in [7, 11) is 1.35. The van der Waals surface area contributed by atoms with E-state index in [-0.39, 0.29) is 11.5 Å². The number of aromatic nitrogens is 2. The Bertz CT molecular complexity index is 949. The molecule has 112 valence electrons. The van der Waals surface area contributed by atoms with Crippen molar-refractivity contribution in [2.45, 2.75) is 12.8 Å². The third-order valence-electron chi connectivity index (χ3n) is 3.65. The van der Waals surface area contributed by atoms with Crippen LogP contribution in [0.25, 0.3) is 16.6 Å². The molecule has 3 aromatic rings. The van der Waals surface area contributed by atoms with Gasteiger partial charge in [-0.3, -0.25) is 14.0 Å². The van der Waals surface area contributed by atoms with Crippen LogP contribution in [-0.2, 0) is 9.53 Å². The van der Waals surface area contributed by atoms with Gasteiger partial charge in [0, 0.05) is 10.7 Å². The van der Waals surface area contributed by atoms with Gasteiger partial charge in [0.1, 0.15) is 5.65 Å². The maximum absolute atomic E-state index is 12.6. The molecule has 6 heteroatoms. The van der Waals surface area contributed by atoms with Crippen molar-refractivity contribution in [3.8, 4) is 0 Å². The third kappa shape index (κ3) is 2.39. The van der Waals surface area contributed by atoms with E-state index in [4.69, 9.17) is 4.74 Å². The van der Waals surface area contributed by atoms with E-state index in [0.29, 0.717) is 16.6 Å². The molecule has 0 aliphatic rings. The van der Waals surface area contributed by atoms with Crippen molar-refractivity contribution >= 4 is 38.4 Å². The Labute approximate surface area is 134 Å². The van der Waals surface area contributed by atoms with Gasteiger partial charge in [-0.1, -0.05) is 6.07 Å². The highest BCUT2D eigenvalue weighted by atomic mass is 79.9. The van der Waals surface area contributed by atoms with E-state index in [2.05, 4.69) is 20.9 Å². The Kier molecular flexibility index (Phi) is 3.70. The standard InChI is InChI=1S/C16H13BrN2O3/c1-9(16(21)22-2)10-3-5-13-12(7-10)15(20)19-8-11(17)4-6-14(19)18-13/h3-9H,1-2H3. The molecule has 5 nitrogen and oxygen atoms in total. The van der Waals surface area contributed by atoms with Crippen LogP contribution in [0, 0.1) is 0 Å². The fourth-order valence-electron chi connectivity index (χ4n) is 2.38. The summed E-state index contributed by atoms with van der Waals surface area (Å²) in [5.41, 5.74) is 1.75. The molecule has 0 aliphatic carbocycles. The number of benzene rings is 1. The zero-order valence-electron chi connectivity index (χ0n) is 12.0. The predicted octanol–water partition coefficient (Wildman–Crippen LogP) is 2.89. The van der Waals surface area contributed by atoms with Crippen molar-refractivity contribution < 1.29 is 9.53 Å². The minimum Gasteiger partial charge on any atom is -0.469 e. The smallest absolute Gasteiger partial charge is 0.312 e. The van der Waals surface area contributed by atoms with Crippen LogP contribution < -0.4 is 5.56 Å². The summed E-state index contributed by atoms with van der Waals surface area (Å²) in [6.07, 6.45) is 1.68. The van der Waals surface area contributed by atoms with E-state index in [1.165, 1.54) is 11.5 Å². The van der Waals surface area contributed by atoms with Gasteiger partial charge >= 0.3 is 5.97 Å². The van der Waals surface area contributed by atoms with Gasteiger partial charge in [0.2, 0.25) is 0 Å². The van der Waals surface area contributed by atoms with E-state index in [0.717, 1.165) is 10.0 Å². The van der Waals surface area contributed by atoms with E-state index < -0.39 is 5.92 Å². The molecule has 2 aromatic heterocycles. The first-order valence-corrected chi connectivity index (χ1v) is 7.50. The molecule has 1 atom stereocenters. The summed E-state index contributed by atoms with van der Waals surface area (Å²) in [4.78, 5) is 28.8. The van der Waals surface area contributed by atoms with Crippen LogP contribution in [0.1, 0.15) is 18.4 Å². The van der Waals surface area contributed by atoms with Gasteiger partial charge in [0.15, 0.2) is 0 Å². The van der Waals surface area contributed by atoms with E-state index in [9.17, 15) is 9.59 Å². The summed E-state index contributed by atoms with van der Waals surface area (Å²) in [6.45, 7) is 1.75. The number of hydrogen-bond acceptors (Lipinski definition) is 4. The Morgan fingerprint density at radius 1 is 1.32 bits per heavy atom. The summed E-state index contributed by atoms with van der Waals surface area (Å²) in [5.74, 6) is -0.770. The number of esters is 1. The van der Waals surface area contributed by atoms with Crippen molar-refractivity contribution in [1.29, 1.82) is 0 Å².